The lowest BCUT2D eigenvalue weighted by molar-refractivity contribution is -0.120. The molecule has 0 heterocycles. The van der Waals surface area contributed by atoms with E-state index in [4.69, 9.17) is 4.74 Å². The van der Waals surface area contributed by atoms with Crippen molar-refractivity contribution in [3.63, 3.8) is 0 Å². The molecule has 0 aliphatic rings. The summed E-state index contributed by atoms with van der Waals surface area (Å²) in [5.41, 5.74) is 5.52. The van der Waals surface area contributed by atoms with Crippen molar-refractivity contribution in [3.05, 3.63) is 77.4 Å². The van der Waals surface area contributed by atoms with E-state index in [0.717, 1.165) is 33.2 Å². The van der Waals surface area contributed by atoms with E-state index in [0.29, 0.717) is 6.61 Å². The Kier molecular flexibility index (Phi) is 5.64. The highest BCUT2D eigenvalue weighted by Gasteiger charge is 2.06. The SMILES string of the molecule is CCOc1cccc(/C=N/NC(=O)Cc2cccc3ccccc23)c1C. The van der Waals surface area contributed by atoms with E-state index in [-0.39, 0.29) is 12.3 Å². The molecule has 3 rings (SSSR count). The molecule has 0 saturated carbocycles. The third-order valence-corrected chi connectivity index (χ3v) is 4.25. The molecule has 26 heavy (non-hydrogen) atoms. The van der Waals surface area contributed by atoms with Gasteiger partial charge in [-0.2, -0.15) is 5.10 Å². The van der Waals surface area contributed by atoms with Crippen LogP contribution in [0.25, 0.3) is 10.8 Å². The van der Waals surface area contributed by atoms with E-state index in [1.165, 1.54) is 0 Å². The van der Waals surface area contributed by atoms with Crippen molar-refractivity contribution < 1.29 is 9.53 Å². The van der Waals surface area contributed by atoms with Crippen molar-refractivity contribution in [2.45, 2.75) is 20.3 Å². The zero-order valence-electron chi connectivity index (χ0n) is 15.0. The predicted octanol–water partition coefficient (Wildman–Crippen LogP) is 4.24. The summed E-state index contributed by atoms with van der Waals surface area (Å²) in [6.07, 6.45) is 1.94. The van der Waals surface area contributed by atoms with Gasteiger partial charge < -0.3 is 4.74 Å². The van der Waals surface area contributed by atoms with Crippen LogP contribution >= 0.6 is 0 Å². The van der Waals surface area contributed by atoms with Gasteiger partial charge in [-0.15, -0.1) is 0 Å². The molecule has 0 unspecified atom stereocenters. The minimum absolute atomic E-state index is 0.142. The average molecular weight is 346 g/mol. The Labute approximate surface area is 153 Å². The van der Waals surface area contributed by atoms with Crippen LogP contribution in [0.2, 0.25) is 0 Å². The van der Waals surface area contributed by atoms with E-state index in [1.807, 2.05) is 74.5 Å². The van der Waals surface area contributed by atoms with Gasteiger partial charge in [-0.05, 0) is 41.8 Å². The van der Waals surface area contributed by atoms with Crippen LogP contribution in [0.5, 0.6) is 5.75 Å². The fourth-order valence-corrected chi connectivity index (χ4v) is 2.92. The Morgan fingerprint density at radius 2 is 1.85 bits per heavy atom. The Morgan fingerprint density at radius 3 is 2.69 bits per heavy atom. The number of hydrogen-bond acceptors (Lipinski definition) is 3. The lowest BCUT2D eigenvalue weighted by atomic mass is 10.0. The summed E-state index contributed by atoms with van der Waals surface area (Å²) in [5.74, 6) is 0.690. The second-order valence-corrected chi connectivity index (χ2v) is 6.01. The Bertz CT molecular complexity index is 943. The fraction of sp³-hybridized carbons (Fsp3) is 0.182. The molecule has 3 aromatic rings. The molecule has 0 atom stereocenters. The molecule has 0 fully saturated rings. The normalized spacial score (nSPS) is 11.0. The number of nitrogens with one attached hydrogen (secondary N) is 1. The van der Waals surface area contributed by atoms with Crippen LogP contribution in [0.3, 0.4) is 0 Å². The summed E-state index contributed by atoms with van der Waals surface area (Å²) in [6, 6.07) is 19.8. The highest BCUT2D eigenvalue weighted by atomic mass is 16.5. The Hall–Kier alpha value is -3.14. The van der Waals surface area contributed by atoms with Crippen LogP contribution in [0.1, 0.15) is 23.6 Å². The van der Waals surface area contributed by atoms with Gasteiger partial charge in [0.1, 0.15) is 5.75 Å². The third kappa shape index (κ3) is 4.09. The van der Waals surface area contributed by atoms with Crippen molar-refractivity contribution >= 4 is 22.9 Å². The molecular formula is C22H22N2O2. The van der Waals surface area contributed by atoms with Gasteiger partial charge in [0.15, 0.2) is 0 Å². The lowest BCUT2D eigenvalue weighted by Crippen LogP contribution is -2.20. The van der Waals surface area contributed by atoms with Crippen LogP contribution < -0.4 is 10.2 Å². The standard InChI is InChI=1S/C22H22N2O2/c1-3-26-21-13-7-11-19(16(21)2)15-23-24-22(25)14-18-10-6-9-17-8-4-5-12-20(17)18/h4-13,15H,3,14H2,1-2H3,(H,24,25)/b23-15+. The molecule has 3 aromatic carbocycles. The third-order valence-electron chi connectivity index (χ3n) is 4.25. The first kappa shape index (κ1) is 17.7. The first-order valence-corrected chi connectivity index (χ1v) is 8.70. The molecule has 4 nitrogen and oxygen atoms in total. The Morgan fingerprint density at radius 1 is 1.08 bits per heavy atom. The first-order valence-electron chi connectivity index (χ1n) is 8.70. The zero-order valence-corrected chi connectivity index (χ0v) is 15.0. The van der Waals surface area contributed by atoms with Crippen LogP contribution in [0, 0.1) is 6.92 Å². The molecule has 0 aliphatic carbocycles. The molecule has 0 bridgehead atoms. The van der Waals surface area contributed by atoms with E-state index < -0.39 is 0 Å². The summed E-state index contributed by atoms with van der Waals surface area (Å²) in [7, 11) is 0. The number of amides is 1. The zero-order chi connectivity index (χ0) is 18.4. The minimum Gasteiger partial charge on any atom is -0.494 e. The topological polar surface area (TPSA) is 50.7 Å². The summed E-state index contributed by atoms with van der Waals surface area (Å²) >= 11 is 0. The molecule has 0 aromatic heterocycles. The van der Waals surface area contributed by atoms with Gasteiger partial charge in [0, 0.05) is 5.56 Å². The van der Waals surface area contributed by atoms with E-state index in [1.54, 1.807) is 6.21 Å². The van der Waals surface area contributed by atoms with Crippen LogP contribution in [-0.4, -0.2) is 18.7 Å². The van der Waals surface area contributed by atoms with Gasteiger partial charge in [-0.1, -0.05) is 54.6 Å². The fourth-order valence-electron chi connectivity index (χ4n) is 2.92. The maximum atomic E-state index is 12.3. The smallest absolute Gasteiger partial charge is 0.244 e. The quantitative estimate of drug-likeness (QED) is 0.536. The summed E-state index contributed by atoms with van der Waals surface area (Å²) in [4.78, 5) is 12.3. The second-order valence-electron chi connectivity index (χ2n) is 6.01. The number of hydrogen-bond donors (Lipinski definition) is 1. The van der Waals surface area contributed by atoms with Crippen molar-refractivity contribution in [1.29, 1.82) is 0 Å². The van der Waals surface area contributed by atoms with Crippen LogP contribution in [0.15, 0.2) is 65.8 Å². The van der Waals surface area contributed by atoms with Gasteiger partial charge in [-0.25, -0.2) is 5.43 Å². The number of carbonyl (C=O) groups is 1. The average Bonchev–Trinajstić information content (AvgIpc) is 2.65. The molecule has 0 aliphatic heterocycles. The van der Waals surface area contributed by atoms with Crippen molar-refractivity contribution in [2.24, 2.45) is 5.10 Å². The second kappa shape index (κ2) is 8.30. The van der Waals surface area contributed by atoms with Gasteiger partial charge in [0.05, 0.1) is 19.2 Å². The largest absolute Gasteiger partial charge is 0.494 e. The summed E-state index contributed by atoms with van der Waals surface area (Å²) in [5, 5.41) is 6.32. The van der Waals surface area contributed by atoms with Crippen molar-refractivity contribution in [3.8, 4) is 5.75 Å². The number of benzene rings is 3. The van der Waals surface area contributed by atoms with Gasteiger partial charge >= 0.3 is 0 Å². The maximum absolute atomic E-state index is 12.3. The number of fused-ring (bicyclic) bond motifs is 1. The number of rotatable bonds is 6. The molecule has 0 radical (unpaired) electrons. The van der Waals surface area contributed by atoms with Crippen LogP contribution in [-0.2, 0) is 11.2 Å². The molecule has 0 saturated heterocycles. The highest BCUT2D eigenvalue weighted by molar-refractivity contribution is 5.90. The van der Waals surface area contributed by atoms with Gasteiger partial charge in [-0.3, -0.25) is 4.79 Å². The summed E-state index contributed by atoms with van der Waals surface area (Å²) < 4.78 is 5.58. The molecule has 4 heteroatoms. The predicted molar refractivity (Wildman–Crippen MR) is 106 cm³/mol. The number of hydrazone groups is 1. The van der Waals surface area contributed by atoms with Gasteiger partial charge in [0.25, 0.3) is 0 Å². The van der Waals surface area contributed by atoms with Gasteiger partial charge in [0.2, 0.25) is 5.91 Å². The molecule has 1 amide bonds. The lowest BCUT2D eigenvalue weighted by Gasteiger charge is -2.08. The van der Waals surface area contributed by atoms with E-state index in [2.05, 4.69) is 10.5 Å². The van der Waals surface area contributed by atoms with Crippen molar-refractivity contribution in [1.82, 2.24) is 5.43 Å². The highest BCUT2D eigenvalue weighted by Crippen LogP contribution is 2.20. The Balaban J connectivity index is 1.67. The number of ether oxygens (including phenoxy) is 1. The van der Waals surface area contributed by atoms with E-state index in [9.17, 15) is 4.79 Å². The first-order chi connectivity index (χ1) is 12.7. The van der Waals surface area contributed by atoms with Crippen molar-refractivity contribution in [2.75, 3.05) is 6.61 Å². The monoisotopic (exact) mass is 346 g/mol. The number of carbonyl (C=O) groups excluding carboxylic acids is 1. The molecular weight excluding hydrogens is 324 g/mol. The number of nitrogens with zero attached hydrogens (tertiary/aromatic N) is 1. The molecule has 1 N–H and O–H groups in total. The van der Waals surface area contributed by atoms with Crippen LogP contribution in [0.4, 0.5) is 0 Å². The molecule has 132 valence electrons. The summed E-state index contributed by atoms with van der Waals surface area (Å²) in [6.45, 7) is 4.54. The van der Waals surface area contributed by atoms with E-state index >= 15 is 0 Å². The maximum Gasteiger partial charge on any atom is 0.244 e. The molecule has 0 spiro atoms. The minimum atomic E-state index is -0.142.